The lowest BCUT2D eigenvalue weighted by Gasteiger charge is -2.11. The van der Waals surface area contributed by atoms with E-state index in [1.165, 1.54) is 5.56 Å². The number of rotatable bonds is 7. The number of ether oxygens (including phenoxy) is 1. The molecule has 3 aromatic carbocycles. The first kappa shape index (κ1) is 21.9. The second-order valence-electron chi connectivity index (χ2n) is 7.88. The molecule has 0 aliphatic rings. The van der Waals surface area contributed by atoms with E-state index in [2.05, 4.69) is 24.1 Å². The van der Waals surface area contributed by atoms with E-state index in [-0.39, 0.29) is 12.5 Å². The molecule has 0 fully saturated rings. The molecule has 1 atom stereocenters. The molecular weight excluding hydrogens is 424 g/mol. The van der Waals surface area contributed by atoms with Crippen molar-refractivity contribution in [2.24, 2.45) is 0 Å². The fourth-order valence-corrected chi connectivity index (χ4v) is 3.51. The Labute approximate surface area is 192 Å². The third-order valence-electron chi connectivity index (χ3n) is 5.52. The molecule has 5 nitrogen and oxygen atoms in total. The van der Waals surface area contributed by atoms with Gasteiger partial charge in [0.2, 0.25) is 5.89 Å². The quantitative estimate of drug-likeness (QED) is 0.331. The first-order valence-electron chi connectivity index (χ1n) is 10.6. The number of hydrogen-bond donors (Lipinski definition) is 1. The van der Waals surface area contributed by atoms with Crippen LogP contribution >= 0.6 is 11.6 Å². The van der Waals surface area contributed by atoms with Gasteiger partial charge in [0.1, 0.15) is 11.3 Å². The summed E-state index contributed by atoms with van der Waals surface area (Å²) in [5.41, 5.74) is 4.96. The molecule has 1 heterocycles. The Balaban J connectivity index is 1.40. The summed E-state index contributed by atoms with van der Waals surface area (Å²) >= 11 is 6.22. The molecule has 4 rings (SSSR count). The minimum atomic E-state index is -0.246. The van der Waals surface area contributed by atoms with E-state index in [0.29, 0.717) is 39.4 Å². The highest BCUT2D eigenvalue weighted by Gasteiger charge is 2.12. The Morgan fingerprint density at radius 3 is 2.62 bits per heavy atom. The van der Waals surface area contributed by atoms with Gasteiger partial charge in [-0.15, -0.1) is 0 Å². The van der Waals surface area contributed by atoms with Crippen molar-refractivity contribution in [2.45, 2.75) is 33.1 Å². The standard InChI is InChI=1S/C26H25ClN2O3/c1-4-16(2)18-7-10-21(11-8-18)31-15-25(30)28-20-9-12-24-23(14-20)29-26(32-24)19-6-5-17(3)22(27)13-19/h5-14,16H,4,15H2,1-3H3,(H,28,30)/t16-/m1/s1. The summed E-state index contributed by atoms with van der Waals surface area (Å²) in [5.74, 6) is 1.40. The Hall–Kier alpha value is -3.31. The van der Waals surface area contributed by atoms with Gasteiger partial charge in [-0.1, -0.05) is 43.6 Å². The number of amides is 1. The number of anilines is 1. The zero-order chi connectivity index (χ0) is 22.7. The second kappa shape index (κ2) is 9.45. The van der Waals surface area contributed by atoms with Crippen LogP contribution in [0.2, 0.25) is 5.02 Å². The maximum atomic E-state index is 12.3. The summed E-state index contributed by atoms with van der Waals surface area (Å²) in [6.45, 7) is 6.22. The second-order valence-corrected chi connectivity index (χ2v) is 8.29. The van der Waals surface area contributed by atoms with Gasteiger partial charge >= 0.3 is 0 Å². The maximum absolute atomic E-state index is 12.3. The lowest BCUT2D eigenvalue weighted by Crippen LogP contribution is -2.20. The van der Waals surface area contributed by atoms with Gasteiger partial charge in [0.15, 0.2) is 12.2 Å². The number of halogens is 1. The van der Waals surface area contributed by atoms with E-state index in [4.69, 9.17) is 20.8 Å². The van der Waals surface area contributed by atoms with E-state index >= 15 is 0 Å². The summed E-state index contributed by atoms with van der Waals surface area (Å²) in [7, 11) is 0. The molecule has 0 aliphatic heterocycles. The Kier molecular flexibility index (Phi) is 6.47. The summed E-state index contributed by atoms with van der Waals surface area (Å²) in [5, 5.41) is 3.50. The molecule has 32 heavy (non-hydrogen) atoms. The highest BCUT2D eigenvalue weighted by atomic mass is 35.5. The van der Waals surface area contributed by atoms with Crippen molar-refractivity contribution < 1.29 is 13.9 Å². The highest BCUT2D eigenvalue weighted by molar-refractivity contribution is 6.31. The van der Waals surface area contributed by atoms with Crippen LogP contribution in [-0.2, 0) is 4.79 Å². The number of carbonyl (C=O) groups excluding carboxylic acids is 1. The predicted molar refractivity (Wildman–Crippen MR) is 128 cm³/mol. The summed E-state index contributed by atoms with van der Waals surface area (Å²) < 4.78 is 11.5. The van der Waals surface area contributed by atoms with Gasteiger partial charge in [0, 0.05) is 16.3 Å². The molecule has 4 aromatic rings. The van der Waals surface area contributed by atoms with Gasteiger partial charge in [-0.3, -0.25) is 4.79 Å². The van der Waals surface area contributed by atoms with Crippen LogP contribution in [-0.4, -0.2) is 17.5 Å². The summed E-state index contributed by atoms with van der Waals surface area (Å²) in [6.07, 6.45) is 1.08. The Bertz CT molecular complexity index is 1250. The third kappa shape index (κ3) is 4.94. The summed E-state index contributed by atoms with van der Waals surface area (Å²) in [4.78, 5) is 16.9. The molecule has 0 radical (unpaired) electrons. The fraction of sp³-hybridized carbons (Fsp3) is 0.231. The van der Waals surface area contributed by atoms with Crippen LogP contribution in [0.1, 0.15) is 37.3 Å². The number of aromatic nitrogens is 1. The number of oxazole rings is 1. The number of nitrogens with one attached hydrogen (secondary N) is 1. The smallest absolute Gasteiger partial charge is 0.262 e. The van der Waals surface area contributed by atoms with E-state index in [1.807, 2.05) is 49.4 Å². The normalized spacial score (nSPS) is 12.0. The SMILES string of the molecule is CC[C@@H](C)c1ccc(OCC(=O)Nc2ccc3oc(-c4ccc(C)c(Cl)c4)nc3c2)cc1. The van der Waals surface area contributed by atoms with Crippen molar-refractivity contribution in [1.82, 2.24) is 4.98 Å². The third-order valence-corrected chi connectivity index (χ3v) is 5.93. The molecule has 164 valence electrons. The molecule has 6 heteroatoms. The maximum Gasteiger partial charge on any atom is 0.262 e. The van der Waals surface area contributed by atoms with Crippen molar-refractivity contribution >= 4 is 34.3 Å². The average Bonchev–Trinajstić information content (AvgIpc) is 3.23. The highest BCUT2D eigenvalue weighted by Crippen LogP contribution is 2.29. The topological polar surface area (TPSA) is 64.4 Å². The van der Waals surface area contributed by atoms with Gasteiger partial charge in [-0.05, 0) is 72.9 Å². The fourth-order valence-electron chi connectivity index (χ4n) is 3.33. The van der Waals surface area contributed by atoms with E-state index in [0.717, 1.165) is 17.5 Å². The average molecular weight is 449 g/mol. The lowest BCUT2D eigenvalue weighted by molar-refractivity contribution is -0.118. The van der Waals surface area contributed by atoms with Crippen molar-refractivity contribution in [3.05, 3.63) is 76.8 Å². The lowest BCUT2D eigenvalue weighted by atomic mass is 9.99. The summed E-state index contributed by atoms with van der Waals surface area (Å²) in [6, 6.07) is 18.9. The Morgan fingerprint density at radius 2 is 1.91 bits per heavy atom. The molecule has 0 aliphatic carbocycles. The van der Waals surface area contributed by atoms with Crippen molar-refractivity contribution in [2.75, 3.05) is 11.9 Å². The van der Waals surface area contributed by atoms with Crippen LogP contribution in [0.4, 0.5) is 5.69 Å². The van der Waals surface area contributed by atoms with Gasteiger partial charge in [-0.2, -0.15) is 0 Å². The first-order valence-corrected chi connectivity index (χ1v) is 11.0. The van der Waals surface area contributed by atoms with Crippen LogP contribution < -0.4 is 10.1 Å². The van der Waals surface area contributed by atoms with Gasteiger partial charge in [0.25, 0.3) is 5.91 Å². The van der Waals surface area contributed by atoms with Crippen LogP contribution in [0.15, 0.2) is 65.1 Å². The number of fused-ring (bicyclic) bond motifs is 1. The van der Waals surface area contributed by atoms with Gasteiger partial charge in [-0.25, -0.2) is 4.98 Å². The number of carbonyl (C=O) groups is 1. The van der Waals surface area contributed by atoms with E-state index in [9.17, 15) is 4.79 Å². The van der Waals surface area contributed by atoms with Crippen LogP contribution in [0.3, 0.4) is 0 Å². The van der Waals surface area contributed by atoms with Gasteiger partial charge in [0.05, 0.1) is 0 Å². The predicted octanol–water partition coefficient (Wildman–Crippen LogP) is 6.99. The van der Waals surface area contributed by atoms with Crippen LogP contribution in [0.5, 0.6) is 5.75 Å². The molecule has 1 N–H and O–H groups in total. The first-order chi connectivity index (χ1) is 15.4. The van der Waals surface area contributed by atoms with Crippen LogP contribution in [0.25, 0.3) is 22.6 Å². The molecule has 0 saturated carbocycles. The van der Waals surface area contributed by atoms with Crippen molar-refractivity contribution in [3.8, 4) is 17.2 Å². The molecule has 0 bridgehead atoms. The number of nitrogens with zero attached hydrogens (tertiary/aromatic N) is 1. The molecule has 0 unspecified atom stereocenters. The molecule has 1 aromatic heterocycles. The van der Waals surface area contributed by atoms with Crippen molar-refractivity contribution in [3.63, 3.8) is 0 Å². The number of benzene rings is 3. The number of aryl methyl sites for hydroxylation is 1. The zero-order valence-electron chi connectivity index (χ0n) is 18.3. The largest absolute Gasteiger partial charge is 0.484 e. The monoisotopic (exact) mass is 448 g/mol. The molecular formula is C26H25ClN2O3. The van der Waals surface area contributed by atoms with E-state index in [1.54, 1.807) is 18.2 Å². The molecule has 0 spiro atoms. The Morgan fingerprint density at radius 1 is 1.12 bits per heavy atom. The van der Waals surface area contributed by atoms with Crippen LogP contribution in [0, 0.1) is 6.92 Å². The number of hydrogen-bond acceptors (Lipinski definition) is 4. The minimum absolute atomic E-state index is 0.0767. The van der Waals surface area contributed by atoms with Crippen molar-refractivity contribution in [1.29, 1.82) is 0 Å². The molecule has 1 amide bonds. The van der Waals surface area contributed by atoms with E-state index < -0.39 is 0 Å². The molecule has 0 saturated heterocycles. The van der Waals surface area contributed by atoms with Gasteiger partial charge < -0.3 is 14.5 Å². The minimum Gasteiger partial charge on any atom is -0.484 e. The zero-order valence-corrected chi connectivity index (χ0v) is 19.1.